The number of allylic oxidation sites excluding steroid dienone is 8. The molecule has 2 aliphatic carbocycles. The Morgan fingerprint density at radius 2 is 1.03 bits per heavy atom. The van der Waals surface area contributed by atoms with E-state index in [1.54, 1.807) is 0 Å². The number of hydrogen-bond acceptors (Lipinski definition) is 2. The third-order valence-corrected chi connectivity index (χ3v) is 37.5. The summed E-state index contributed by atoms with van der Waals surface area (Å²) in [6.07, 6.45) is 21.6. The third-order valence-electron chi connectivity index (χ3n) is 8.36. The van der Waals surface area contributed by atoms with Crippen LogP contribution in [0.5, 0.6) is 0 Å². The van der Waals surface area contributed by atoms with E-state index in [1.807, 2.05) is 0 Å². The Hall–Kier alpha value is 0.184. The van der Waals surface area contributed by atoms with Crippen LogP contribution in [0.4, 0.5) is 0 Å². The zero-order chi connectivity index (χ0) is 20.9. The van der Waals surface area contributed by atoms with E-state index in [1.165, 1.54) is 63.0 Å². The second kappa shape index (κ2) is 7.95. The zero-order valence-electron chi connectivity index (χ0n) is 19.5. The Kier molecular flexibility index (Phi) is 6.14. The molecule has 4 rings (SSSR count). The minimum absolute atomic E-state index is 0.427. The molecule has 2 fully saturated rings. The van der Waals surface area contributed by atoms with Crippen LogP contribution in [0.1, 0.15) is 39.5 Å². The van der Waals surface area contributed by atoms with E-state index in [9.17, 15) is 0 Å². The molecule has 2 heterocycles. The molecule has 158 valence electrons. The molecule has 0 radical (unpaired) electrons. The van der Waals surface area contributed by atoms with Gasteiger partial charge in [-0.05, 0) is 0 Å². The summed E-state index contributed by atoms with van der Waals surface area (Å²) >= 11 is -1.17. The summed E-state index contributed by atoms with van der Waals surface area (Å²) in [6, 6.07) is 0. The van der Waals surface area contributed by atoms with Crippen LogP contribution in [0.3, 0.4) is 0 Å². The predicted molar refractivity (Wildman–Crippen MR) is 128 cm³/mol. The Bertz CT molecular complexity index is 706. The van der Waals surface area contributed by atoms with Crippen molar-refractivity contribution in [2.24, 2.45) is 0 Å². The molecule has 0 bridgehead atoms. The van der Waals surface area contributed by atoms with Crippen LogP contribution in [-0.4, -0.2) is 51.8 Å². The van der Waals surface area contributed by atoms with E-state index in [-0.39, 0.29) is 0 Å². The average Bonchev–Trinajstić information content (AvgIpc) is 3.44. The molecule has 0 saturated carbocycles. The Labute approximate surface area is 192 Å². The molecule has 0 N–H and O–H groups in total. The Balaban J connectivity index is 1.77. The number of hydrogen-bond donors (Lipinski definition) is 0. The molecule has 0 aromatic carbocycles. The van der Waals surface area contributed by atoms with E-state index in [4.69, 9.17) is 0 Å². The fourth-order valence-corrected chi connectivity index (χ4v) is 33.0. The topological polar surface area (TPSA) is 6.48 Å². The first-order valence-corrected chi connectivity index (χ1v) is 21.2. The maximum absolute atomic E-state index is 2.97. The molecular formula is C24H40HfN2Si2. The van der Waals surface area contributed by atoms with E-state index in [0.29, 0.717) is 5.59 Å². The molecule has 4 aliphatic rings. The predicted octanol–water partition coefficient (Wildman–Crippen LogP) is 6.10. The van der Waals surface area contributed by atoms with Crippen molar-refractivity contribution in [1.82, 2.24) is 9.13 Å². The summed E-state index contributed by atoms with van der Waals surface area (Å²) < 4.78 is 6.79. The first-order valence-electron chi connectivity index (χ1n) is 11.7. The minimum atomic E-state index is -1.59. The van der Waals surface area contributed by atoms with Crippen molar-refractivity contribution in [3.8, 4) is 0 Å². The van der Waals surface area contributed by atoms with Crippen LogP contribution >= 0.6 is 0 Å². The van der Waals surface area contributed by atoms with Crippen molar-refractivity contribution in [2.75, 3.05) is 26.2 Å². The Morgan fingerprint density at radius 3 is 1.31 bits per heavy atom. The SMILES string of the molecule is CC1=C[C]([Hf][C]2([Si](C)(C)N3CCCC3)C=CC(C)=C2)([Si](C)(C)N2CCCC2)C=C1. The second-order valence-corrected chi connectivity index (χ2v) is 30.4. The van der Waals surface area contributed by atoms with Crippen LogP contribution in [-0.2, 0) is 22.9 Å². The van der Waals surface area contributed by atoms with Crippen molar-refractivity contribution in [3.05, 3.63) is 47.6 Å². The van der Waals surface area contributed by atoms with Gasteiger partial charge in [-0.25, -0.2) is 0 Å². The monoisotopic (exact) mass is 592 g/mol. The average molecular weight is 591 g/mol. The molecule has 29 heavy (non-hydrogen) atoms. The number of nitrogens with zero attached hydrogens (tertiary/aromatic N) is 2. The molecule has 0 amide bonds. The summed E-state index contributed by atoms with van der Waals surface area (Å²) in [6.45, 7) is 20.9. The van der Waals surface area contributed by atoms with Crippen molar-refractivity contribution in [2.45, 2.75) is 71.3 Å². The first-order chi connectivity index (χ1) is 13.6. The molecule has 2 unspecified atom stereocenters. The molecule has 2 aliphatic heterocycles. The molecule has 0 aromatic heterocycles. The molecular weight excluding hydrogens is 551 g/mol. The zero-order valence-corrected chi connectivity index (χ0v) is 25.1. The van der Waals surface area contributed by atoms with Crippen molar-refractivity contribution >= 4 is 16.5 Å². The van der Waals surface area contributed by atoms with Gasteiger partial charge in [0.25, 0.3) is 0 Å². The van der Waals surface area contributed by atoms with E-state index in [2.05, 4.69) is 85.6 Å². The van der Waals surface area contributed by atoms with Crippen molar-refractivity contribution in [3.63, 3.8) is 0 Å². The van der Waals surface area contributed by atoms with Gasteiger partial charge in [0.2, 0.25) is 0 Å². The van der Waals surface area contributed by atoms with Gasteiger partial charge in [0.15, 0.2) is 0 Å². The standard InChI is InChI=1S/2C12H20NSi.Hf/c2*1-11-6-7-12(10-11)14(2,3)13-8-4-5-9-13;/h2*6-7,10H,4-5,8-9H2,1-3H3;. The van der Waals surface area contributed by atoms with E-state index in [0.717, 1.165) is 0 Å². The molecule has 2 nitrogen and oxygen atoms in total. The van der Waals surface area contributed by atoms with Gasteiger partial charge in [0, 0.05) is 0 Å². The summed E-state index contributed by atoms with van der Waals surface area (Å²) in [7, 11) is -3.17. The van der Waals surface area contributed by atoms with Crippen LogP contribution in [0.2, 0.25) is 31.8 Å². The van der Waals surface area contributed by atoms with Crippen molar-refractivity contribution < 1.29 is 22.9 Å². The van der Waals surface area contributed by atoms with Crippen LogP contribution < -0.4 is 0 Å². The van der Waals surface area contributed by atoms with Crippen LogP contribution in [0.15, 0.2) is 47.6 Å². The van der Waals surface area contributed by atoms with Crippen LogP contribution in [0, 0.1) is 0 Å². The normalized spacial score (nSPS) is 33.6. The van der Waals surface area contributed by atoms with Crippen molar-refractivity contribution in [1.29, 1.82) is 0 Å². The molecule has 5 heteroatoms. The van der Waals surface area contributed by atoms with Gasteiger partial charge >= 0.3 is 194 Å². The quantitative estimate of drug-likeness (QED) is 0.345. The summed E-state index contributed by atoms with van der Waals surface area (Å²) in [5.74, 6) is 0. The van der Waals surface area contributed by atoms with Gasteiger partial charge in [-0.3, -0.25) is 0 Å². The molecule has 0 spiro atoms. The summed E-state index contributed by atoms with van der Waals surface area (Å²) in [5.41, 5.74) is 3.05. The first kappa shape index (κ1) is 22.4. The summed E-state index contributed by atoms with van der Waals surface area (Å²) in [4.78, 5) is 0. The molecule has 2 atom stereocenters. The van der Waals surface area contributed by atoms with Gasteiger partial charge in [-0.1, -0.05) is 0 Å². The van der Waals surface area contributed by atoms with Gasteiger partial charge in [0.1, 0.15) is 0 Å². The fourth-order valence-electron chi connectivity index (χ4n) is 6.08. The number of rotatable bonds is 6. The maximum atomic E-state index is 2.97. The Morgan fingerprint density at radius 1 is 0.690 bits per heavy atom. The van der Waals surface area contributed by atoms with Crippen LogP contribution in [0.25, 0.3) is 0 Å². The summed E-state index contributed by atoms with van der Waals surface area (Å²) in [5, 5.41) is 0. The van der Waals surface area contributed by atoms with E-state index < -0.39 is 39.4 Å². The van der Waals surface area contributed by atoms with Gasteiger partial charge in [-0.15, -0.1) is 0 Å². The van der Waals surface area contributed by atoms with Gasteiger partial charge in [0.05, 0.1) is 0 Å². The fraction of sp³-hybridized carbons (Fsp3) is 0.667. The van der Waals surface area contributed by atoms with Gasteiger partial charge in [-0.2, -0.15) is 0 Å². The van der Waals surface area contributed by atoms with E-state index >= 15 is 0 Å². The second-order valence-electron chi connectivity index (χ2n) is 10.8. The molecule has 0 aromatic rings. The molecule has 2 saturated heterocycles. The third kappa shape index (κ3) is 3.71. The van der Waals surface area contributed by atoms with Gasteiger partial charge < -0.3 is 0 Å².